The van der Waals surface area contributed by atoms with Crippen molar-refractivity contribution in [2.75, 3.05) is 26.2 Å². The van der Waals surface area contributed by atoms with Gasteiger partial charge in [-0.1, -0.05) is 0 Å². The van der Waals surface area contributed by atoms with Gasteiger partial charge < -0.3 is 19.7 Å². The van der Waals surface area contributed by atoms with Gasteiger partial charge in [0.2, 0.25) is 5.91 Å². The van der Waals surface area contributed by atoms with Crippen LogP contribution in [-0.2, 0) is 20.9 Å². The predicted molar refractivity (Wildman–Crippen MR) is 109 cm³/mol. The minimum absolute atomic E-state index is 0.0642. The standard InChI is InChI=1S/C20H25N3O5S/c1-4-21-18(24)10-23(5-2)19(25)12-28-20(26)15-6-8-17(9-7-15)27-11-16-13-29-14(3)22-16/h6-9,13H,4-5,10-12H2,1-3H3,(H,21,24). The molecule has 9 heteroatoms. The first-order chi connectivity index (χ1) is 13.9. The molecule has 0 atom stereocenters. The number of aromatic nitrogens is 1. The van der Waals surface area contributed by atoms with Crippen molar-refractivity contribution in [2.45, 2.75) is 27.4 Å². The zero-order valence-corrected chi connectivity index (χ0v) is 17.6. The van der Waals surface area contributed by atoms with Gasteiger partial charge in [-0.2, -0.15) is 0 Å². The molecule has 156 valence electrons. The molecule has 1 aromatic heterocycles. The van der Waals surface area contributed by atoms with E-state index in [1.165, 1.54) is 4.90 Å². The zero-order valence-electron chi connectivity index (χ0n) is 16.8. The van der Waals surface area contributed by atoms with Gasteiger partial charge in [-0.15, -0.1) is 11.3 Å². The fourth-order valence-corrected chi connectivity index (χ4v) is 3.02. The molecule has 0 spiro atoms. The Labute approximate surface area is 173 Å². The van der Waals surface area contributed by atoms with E-state index in [4.69, 9.17) is 9.47 Å². The van der Waals surface area contributed by atoms with Crippen molar-refractivity contribution < 1.29 is 23.9 Å². The molecule has 0 aliphatic carbocycles. The Hall–Kier alpha value is -2.94. The average Bonchev–Trinajstić information content (AvgIpc) is 3.14. The van der Waals surface area contributed by atoms with Crippen LogP contribution in [0.5, 0.6) is 5.75 Å². The van der Waals surface area contributed by atoms with Crippen molar-refractivity contribution in [1.82, 2.24) is 15.2 Å². The lowest BCUT2D eigenvalue weighted by atomic mass is 10.2. The minimum Gasteiger partial charge on any atom is -0.487 e. The summed E-state index contributed by atoms with van der Waals surface area (Å²) in [4.78, 5) is 41.6. The number of thiazole rings is 1. The maximum absolute atomic E-state index is 12.2. The maximum atomic E-state index is 12.2. The highest BCUT2D eigenvalue weighted by Crippen LogP contribution is 2.16. The number of ether oxygens (including phenoxy) is 2. The van der Waals surface area contributed by atoms with Crippen LogP contribution in [0.15, 0.2) is 29.6 Å². The largest absolute Gasteiger partial charge is 0.487 e. The SMILES string of the molecule is CCNC(=O)CN(CC)C(=O)COC(=O)c1ccc(OCc2csc(C)n2)cc1. The van der Waals surface area contributed by atoms with Crippen LogP contribution in [0.4, 0.5) is 0 Å². The molecule has 0 fully saturated rings. The number of nitrogens with one attached hydrogen (secondary N) is 1. The summed E-state index contributed by atoms with van der Waals surface area (Å²) in [5.41, 5.74) is 1.16. The lowest BCUT2D eigenvalue weighted by molar-refractivity contribution is -0.138. The predicted octanol–water partition coefficient (Wildman–Crippen LogP) is 2.17. The molecular weight excluding hydrogens is 394 g/mol. The number of amides is 2. The topological polar surface area (TPSA) is 97.8 Å². The number of rotatable bonds is 10. The third-order valence-corrected chi connectivity index (χ3v) is 4.74. The third-order valence-electron chi connectivity index (χ3n) is 3.91. The van der Waals surface area contributed by atoms with Gasteiger partial charge in [-0.25, -0.2) is 9.78 Å². The second kappa shape index (κ2) is 11.2. The zero-order chi connectivity index (χ0) is 21.2. The second-order valence-corrected chi connectivity index (χ2v) is 7.17. The Bertz CT molecular complexity index is 835. The van der Waals surface area contributed by atoms with Gasteiger partial charge in [0, 0.05) is 18.5 Å². The maximum Gasteiger partial charge on any atom is 0.338 e. The van der Waals surface area contributed by atoms with Crippen LogP contribution < -0.4 is 10.1 Å². The van der Waals surface area contributed by atoms with E-state index in [9.17, 15) is 14.4 Å². The Morgan fingerprint density at radius 3 is 2.48 bits per heavy atom. The summed E-state index contributed by atoms with van der Waals surface area (Å²) in [6, 6.07) is 6.46. The van der Waals surface area contributed by atoms with Crippen molar-refractivity contribution in [3.8, 4) is 5.75 Å². The van der Waals surface area contributed by atoms with Crippen LogP contribution in [-0.4, -0.2) is 53.9 Å². The molecule has 0 aliphatic rings. The number of hydrogen-bond acceptors (Lipinski definition) is 7. The molecule has 2 amide bonds. The molecule has 0 saturated carbocycles. The summed E-state index contributed by atoms with van der Waals surface area (Å²) >= 11 is 1.56. The molecule has 2 aromatic rings. The molecule has 2 rings (SSSR count). The highest BCUT2D eigenvalue weighted by atomic mass is 32.1. The van der Waals surface area contributed by atoms with E-state index in [1.54, 1.807) is 49.4 Å². The van der Waals surface area contributed by atoms with E-state index in [0.29, 0.717) is 31.0 Å². The number of carbonyl (C=O) groups is 3. The number of benzene rings is 1. The number of hydrogen-bond donors (Lipinski definition) is 1. The smallest absolute Gasteiger partial charge is 0.338 e. The molecule has 0 saturated heterocycles. The van der Waals surface area contributed by atoms with Crippen LogP contribution in [0, 0.1) is 6.92 Å². The Morgan fingerprint density at radius 1 is 1.17 bits per heavy atom. The summed E-state index contributed by atoms with van der Waals surface area (Å²) in [6.45, 7) is 6.18. The Balaban J connectivity index is 1.82. The Morgan fingerprint density at radius 2 is 1.90 bits per heavy atom. The second-order valence-electron chi connectivity index (χ2n) is 6.11. The van der Waals surface area contributed by atoms with Gasteiger partial charge in [0.05, 0.1) is 22.8 Å². The lowest BCUT2D eigenvalue weighted by Gasteiger charge is -2.20. The summed E-state index contributed by atoms with van der Waals surface area (Å²) in [5, 5.41) is 5.54. The van der Waals surface area contributed by atoms with E-state index in [-0.39, 0.29) is 12.5 Å². The van der Waals surface area contributed by atoms with E-state index >= 15 is 0 Å². The Kier molecular flexibility index (Phi) is 8.60. The first kappa shape index (κ1) is 22.4. The highest BCUT2D eigenvalue weighted by molar-refractivity contribution is 7.09. The minimum atomic E-state index is -0.617. The normalized spacial score (nSPS) is 10.3. The van der Waals surface area contributed by atoms with Crippen molar-refractivity contribution in [3.05, 3.63) is 45.9 Å². The van der Waals surface area contributed by atoms with Crippen molar-refractivity contribution in [2.24, 2.45) is 0 Å². The van der Waals surface area contributed by atoms with E-state index in [2.05, 4.69) is 10.3 Å². The molecule has 0 bridgehead atoms. The molecule has 29 heavy (non-hydrogen) atoms. The van der Waals surface area contributed by atoms with Crippen LogP contribution in [0.25, 0.3) is 0 Å². The highest BCUT2D eigenvalue weighted by Gasteiger charge is 2.17. The lowest BCUT2D eigenvalue weighted by Crippen LogP contribution is -2.42. The molecule has 0 unspecified atom stereocenters. The van der Waals surface area contributed by atoms with Gasteiger partial charge >= 0.3 is 5.97 Å². The van der Waals surface area contributed by atoms with Gasteiger partial charge in [0.25, 0.3) is 5.91 Å². The molecule has 1 N–H and O–H groups in total. The number of aryl methyl sites for hydroxylation is 1. The summed E-state index contributed by atoms with van der Waals surface area (Å²) < 4.78 is 10.7. The van der Waals surface area contributed by atoms with Crippen molar-refractivity contribution in [3.63, 3.8) is 0 Å². The molecule has 1 aromatic carbocycles. The summed E-state index contributed by atoms with van der Waals surface area (Å²) in [5.74, 6) is -0.695. The van der Waals surface area contributed by atoms with Crippen molar-refractivity contribution >= 4 is 29.1 Å². The van der Waals surface area contributed by atoms with Crippen LogP contribution in [0.3, 0.4) is 0 Å². The van der Waals surface area contributed by atoms with Gasteiger partial charge in [0.1, 0.15) is 12.4 Å². The number of carbonyl (C=O) groups excluding carboxylic acids is 3. The van der Waals surface area contributed by atoms with Crippen LogP contribution >= 0.6 is 11.3 Å². The number of esters is 1. The summed E-state index contributed by atoms with van der Waals surface area (Å²) in [6.07, 6.45) is 0. The van der Waals surface area contributed by atoms with Gasteiger partial charge in [0.15, 0.2) is 6.61 Å². The van der Waals surface area contributed by atoms with Crippen LogP contribution in [0.2, 0.25) is 0 Å². The quantitative estimate of drug-likeness (QED) is 0.593. The number of nitrogens with zero attached hydrogens (tertiary/aromatic N) is 2. The van der Waals surface area contributed by atoms with Gasteiger partial charge in [-0.05, 0) is 45.0 Å². The van der Waals surface area contributed by atoms with Crippen molar-refractivity contribution in [1.29, 1.82) is 0 Å². The average molecular weight is 420 g/mol. The monoisotopic (exact) mass is 419 g/mol. The molecule has 0 radical (unpaired) electrons. The van der Waals surface area contributed by atoms with E-state index in [1.807, 2.05) is 12.3 Å². The molecule has 8 nitrogen and oxygen atoms in total. The fourth-order valence-electron chi connectivity index (χ4n) is 2.42. The first-order valence-electron chi connectivity index (χ1n) is 9.28. The summed E-state index contributed by atoms with van der Waals surface area (Å²) in [7, 11) is 0. The van der Waals surface area contributed by atoms with Crippen LogP contribution in [0.1, 0.15) is 34.9 Å². The van der Waals surface area contributed by atoms with E-state index < -0.39 is 18.5 Å². The van der Waals surface area contributed by atoms with E-state index in [0.717, 1.165) is 10.7 Å². The van der Waals surface area contributed by atoms with Gasteiger partial charge in [-0.3, -0.25) is 9.59 Å². The first-order valence-corrected chi connectivity index (χ1v) is 10.2. The molecule has 0 aliphatic heterocycles. The molecule has 1 heterocycles. The number of likely N-dealkylation sites (N-methyl/N-ethyl adjacent to an activating group) is 2. The molecular formula is C20H25N3O5S. The third kappa shape index (κ3) is 7.19. The fraction of sp³-hybridized carbons (Fsp3) is 0.400.